The first-order valence-electron chi connectivity index (χ1n) is 10.0. The Morgan fingerprint density at radius 3 is 2.64 bits per heavy atom. The largest absolute Gasteiger partial charge is 0.454 e. The van der Waals surface area contributed by atoms with Gasteiger partial charge in [0.1, 0.15) is 6.54 Å². The van der Waals surface area contributed by atoms with Crippen molar-refractivity contribution in [1.82, 2.24) is 14.1 Å². The number of nitrogens with one attached hydrogen (secondary N) is 1. The summed E-state index contributed by atoms with van der Waals surface area (Å²) in [4.78, 5) is 43.2. The van der Waals surface area contributed by atoms with Gasteiger partial charge in [0.25, 0.3) is 5.56 Å². The number of fused-ring (bicyclic) bond motifs is 2. The smallest absolute Gasteiger partial charge is 0.332 e. The van der Waals surface area contributed by atoms with Crippen LogP contribution in [0.5, 0.6) is 11.5 Å². The van der Waals surface area contributed by atoms with E-state index in [1.165, 1.54) is 10.8 Å². The van der Waals surface area contributed by atoms with Gasteiger partial charge in [0.2, 0.25) is 12.7 Å². The van der Waals surface area contributed by atoms with Crippen molar-refractivity contribution in [2.45, 2.75) is 13.1 Å². The number of benzene rings is 2. The van der Waals surface area contributed by atoms with E-state index in [-0.39, 0.29) is 30.9 Å². The minimum Gasteiger partial charge on any atom is -0.454 e. The van der Waals surface area contributed by atoms with E-state index in [2.05, 4.69) is 10.3 Å². The van der Waals surface area contributed by atoms with Crippen LogP contribution in [0.2, 0.25) is 5.02 Å². The highest BCUT2D eigenvalue weighted by atomic mass is 35.5. The number of nitrogens with zero attached hydrogens (tertiary/aromatic N) is 3. The number of amides is 1. The summed E-state index contributed by atoms with van der Waals surface area (Å²) >= 11 is 5.93. The molecular formula is C23H17ClN4O5. The number of rotatable bonds is 5. The maximum atomic E-state index is 13.3. The zero-order valence-electron chi connectivity index (χ0n) is 17.2. The van der Waals surface area contributed by atoms with Crippen molar-refractivity contribution in [3.8, 4) is 11.5 Å². The van der Waals surface area contributed by atoms with E-state index >= 15 is 0 Å². The van der Waals surface area contributed by atoms with Crippen LogP contribution in [0.3, 0.4) is 0 Å². The average Bonchev–Trinajstić information content (AvgIpc) is 3.29. The van der Waals surface area contributed by atoms with E-state index in [9.17, 15) is 14.4 Å². The Labute approximate surface area is 191 Å². The van der Waals surface area contributed by atoms with Gasteiger partial charge in [-0.2, -0.15) is 0 Å². The molecule has 0 radical (unpaired) electrons. The van der Waals surface area contributed by atoms with Gasteiger partial charge in [0.15, 0.2) is 17.0 Å². The molecule has 0 unspecified atom stereocenters. The van der Waals surface area contributed by atoms with Crippen molar-refractivity contribution >= 4 is 34.2 Å². The maximum absolute atomic E-state index is 13.3. The molecular weight excluding hydrogens is 448 g/mol. The molecule has 2 aromatic heterocycles. The molecule has 0 aliphatic carbocycles. The lowest BCUT2D eigenvalue weighted by atomic mass is 10.2. The molecule has 5 rings (SSSR count). The van der Waals surface area contributed by atoms with Gasteiger partial charge in [-0.15, -0.1) is 0 Å². The zero-order valence-corrected chi connectivity index (χ0v) is 17.9. The van der Waals surface area contributed by atoms with Gasteiger partial charge in [-0.1, -0.05) is 23.7 Å². The Kier molecular flexibility index (Phi) is 5.31. The molecule has 9 nitrogen and oxygen atoms in total. The predicted molar refractivity (Wildman–Crippen MR) is 122 cm³/mol. The average molecular weight is 465 g/mol. The fraction of sp³-hybridized carbons (Fsp3) is 0.130. The molecule has 0 fully saturated rings. The third-order valence-corrected chi connectivity index (χ3v) is 5.45. The van der Waals surface area contributed by atoms with Gasteiger partial charge >= 0.3 is 5.69 Å². The molecule has 0 saturated heterocycles. The first kappa shape index (κ1) is 20.8. The maximum Gasteiger partial charge on any atom is 0.332 e. The van der Waals surface area contributed by atoms with Crippen molar-refractivity contribution in [1.29, 1.82) is 0 Å². The van der Waals surface area contributed by atoms with E-state index in [4.69, 9.17) is 21.1 Å². The highest BCUT2D eigenvalue weighted by molar-refractivity contribution is 6.30. The summed E-state index contributed by atoms with van der Waals surface area (Å²) in [6.45, 7) is -0.169. The van der Waals surface area contributed by atoms with Crippen LogP contribution in [0.4, 0.5) is 5.69 Å². The van der Waals surface area contributed by atoms with Gasteiger partial charge in [-0.05, 0) is 42.0 Å². The fourth-order valence-corrected chi connectivity index (χ4v) is 3.75. The normalized spacial score (nSPS) is 12.2. The number of anilines is 1. The summed E-state index contributed by atoms with van der Waals surface area (Å²) in [5.41, 5.74) is 0.441. The van der Waals surface area contributed by atoms with Crippen molar-refractivity contribution in [2.75, 3.05) is 12.1 Å². The van der Waals surface area contributed by atoms with E-state index in [1.807, 2.05) is 0 Å². The molecule has 10 heteroatoms. The monoisotopic (exact) mass is 464 g/mol. The lowest BCUT2D eigenvalue weighted by molar-refractivity contribution is -0.116. The summed E-state index contributed by atoms with van der Waals surface area (Å²) in [5.74, 6) is 0.671. The van der Waals surface area contributed by atoms with Crippen LogP contribution in [0.25, 0.3) is 11.0 Å². The summed E-state index contributed by atoms with van der Waals surface area (Å²) in [6.07, 6.45) is 1.47. The minimum atomic E-state index is -0.615. The molecule has 0 bridgehead atoms. The second-order valence-electron chi connectivity index (χ2n) is 7.37. The molecule has 1 amide bonds. The van der Waals surface area contributed by atoms with Crippen LogP contribution < -0.4 is 26.0 Å². The molecule has 166 valence electrons. The number of hydrogen-bond donors (Lipinski definition) is 1. The third kappa shape index (κ3) is 4.06. The number of carbonyl (C=O) groups excluding carboxylic acids is 1. The summed E-state index contributed by atoms with van der Waals surface area (Å²) in [7, 11) is 0. The van der Waals surface area contributed by atoms with Crippen LogP contribution in [-0.2, 0) is 17.9 Å². The quantitative estimate of drug-likeness (QED) is 0.487. The highest BCUT2D eigenvalue weighted by Crippen LogP contribution is 2.34. The standard InChI is InChI=1S/C23H17ClN4O5/c24-15-5-3-14(4-6-15)11-28-22(30)21-17(2-1-9-25-21)27(23(28)31)12-20(29)26-16-7-8-18-19(10-16)33-13-32-18/h1-10H,11-13H2,(H,26,29). The number of pyridine rings is 1. The molecule has 0 saturated carbocycles. The van der Waals surface area contributed by atoms with Crippen LogP contribution in [0.15, 0.2) is 70.4 Å². The van der Waals surface area contributed by atoms with Gasteiger partial charge in [0, 0.05) is 23.0 Å². The van der Waals surface area contributed by atoms with Gasteiger partial charge in [-0.25, -0.2) is 9.78 Å². The van der Waals surface area contributed by atoms with E-state index in [0.29, 0.717) is 27.8 Å². The number of aromatic nitrogens is 3. The summed E-state index contributed by atoms with van der Waals surface area (Å²) < 4.78 is 12.9. The lowest BCUT2D eigenvalue weighted by Gasteiger charge is -2.14. The van der Waals surface area contributed by atoms with Gasteiger partial charge in [0.05, 0.1) is 12.1 Å². The van der Waals surface area contributed by atoms with Crippen molar-refractivity contribution in [2.24, 2.45) is 0 Å². The first-order chi connectivity index (χ1) is 16.0. The van der Waals surface area contributed by atoms with Crippen LogP contribution in [-0.4, -0.2) is 26.8 Å². The molecule has 1 N–H and O–H groups in total. The number of hydrogen-bond acceptors (Lipinski definition) is 6. The lowest BCUT2D eigenvalue weighted by Crippen LogP contribution is -2.42. The first-order valence-corrected chi connectivity index (χ1v) is 10.4. The Balaban J connectivity index is 1.50. The predicted octanol–water partition coefficient (Wildman–Crippen LogP) is 2.63. The van der Waals surface area contributed by atoms with Crippen molar-refractivity contribution in [3.63, 3.8) is 0 Å². The molecule has 3 heterocycles. The second kappa shape index (κ2) is 8.44. The molecule has 33 heavy (non-hydrogen) atoms. The van der Waals surface area contributed by atoms with E-state index in [1.54, 1.807) is 54.6 Å². The van der Waals surface area contributed by atoms with Gasteiger partial charge < -0.3 is 14.8 Å². The van der Waals surface area contributed by atoms with Crippen molar-refractivity contribution in [3.05, 3.63) is 92.2 Å². The molecule has 0 atom stereocenters. The topological polar surface area (TPSA) is 104 Å². The molecule has 4 aromatic rings. The number of carbonyl (C=O) groups is 1. The van der Waals surface area contributed by atoms with Crippen LogP contribution >= 0.6 is 11.6 Å². The Morgan fingerprint density at radius 2 is 1.82 bits per heavy atom. The molecule has 1 aliphatic rings. The summed E-state index contributed by atoms with van der Waals surface area (Å²) in [6, 6.07) is 15.0. The Hall–Kier alpha value is -4.11. The molecule has 2 aromatic carbocycles. The SMILES string of the molecule is O=C(Cn1c(=O)n(Cc2ccc(Cl)cc2)c(=O)c2ncccc21)Nc1ccc2c(c1)OCO2. The minimum absolute atomic E-state index is 0.0190. The Morgan fingerprint density at radius 1 is 1.03 bits per heavy atom. The van der Waals surface area contributed by atoms with Crippen molar-refractivity contribution < 1.29 is 14.3 Å². The summed E-state index contributed by atoms with van der Waals surface area (Å²) in [5, 5.41) is 3.29. The highest BCUT2D eigenvalue weighted by Gasteiger charge is 2.18. The van der Waals surface area contributed by atoms with Crippen LogP contribution in [0, 0.1) is 0 Å². The van der Waals surface area contributed by atoms with E-state index in [0.717, 1.165) is 4.57 Å². The fourth-order valence-electron chi connectivity index (χ4n) is 3.63. The molecule has 0 spiro atoms. The third-order valence-electron chi connectivity index (χ3n) is 5.20. The Bertz CT molecular complexity index is 1490. The molecule has 1 aliphatic heterocycles. The van der Waals surface area contributed by atoms with E-state index < -0.39 is 17.2 Å². The van der Waals surface area contributed by atoms with Crippen LogP contribution in [0.1, 0.15) is 5.56 Å². The van der Waals surface area contributed by atoms with Gasteiger partial charge in [-0.3, -0.25) is 18.7 Å². The zero-order chi connectivity index (χ0) is 22.9. The number of halogens is 1. The number of ether oxygens (including phenoxy) is 2. The second-order valence-corrected chi connectivity index (χ2v) is 7.81.